The van der Waals surface area contributed by atoms with Crippen molar-refractivity contribution >= 4 is 12.2 Å². The summed E-state index contributed by atoms with van der Waals surface area (Å²) in [5, 5.41) is 2.78. The highest BCUT2D eigenvalue weighted by Gasteiger charge is 2.16. The molecular weight excluding hydrogens is 230 g/mol. The Balaban J connectivity index is 2.07. The van der Waals surface area contributed by atoms with Gasteiger partial charge in [0, 0.05) is 6.04 Å². The molecule has 19 heavy (non-hydrogen) atoms. The number of nitrogens with two attached hydrogens (primary N) is 1. The SMILES string of the molecule is NC1CCC=c2c1ccc1c2=CCc2ccccc2-1. The van der Waals surface area contributed by atoms with Gasteiger partial charge in [-0.25, -0.2) is 0 Å². The largest absolute Gasteiger partial charge is 0.324 e. The fourth-order valence-electron chi connectivity index (χ4n) is 3.39. The maximum absolute atomic E-state index is 6.24. The van der Waals surface area contributed by atoms with Gasteiger partial charge in [0.05, 0.1) is 0 Å². The van der Waals surface area contributed by atoms with Crippen LogP contribution in [0.5, 0.6) is 0 Å². The molecule has 2 aromatic carbocycles. The van der Waals surface area contributed by atoms with Gasteiger partial charge in [0.15, 0.2) is 0 Å². The summed E-state index contributed by atoms with van der Waals surface area (Å²) in [6.45, 7) is 0. The first kappa shape index (κ1) is 11.0. The van der Waals surface area contributed by atoms with Gasteiger partial charge >= 0.3 is 0 Å². The van der Waals surface area contributed by atoms with Crippen LogP contribution in [0.4, 0.5) is 0 Å². The normalized spacial score (nSPS) is 19.5. The average molecular weight is 247 g/mol. The topological polar surface area (TPSA) is 26.0 Å². The van der Waals surface area contributed by atoms with Gasteiger partial charge in [-0.05, 0) is 52.0 Å². The monoisotopic (exact) mass is 247 g/mol. The van der Waals surface area contributed by atoms with Crippen LogP contribution >= 0.6 is 0 Å². The minimum Gasteiger partial charge on any atom is -0.324 e. The molecule has 1 atom stereocenters. The zero-order valence-electron chi connectivity index (χ0n) is 10.9. The van der Waals surface area contributed by atoms with Gasteiger partial charge in [0.25, 0.3) is 0 Å². The van der Waals surface area contributed by atoms with Crippen LogP contribution in [-0.2, 0) is 6.42 Å². The van der Waals surface area contributed by atoms with Crippen molar-refractivity contribution in [1.29, 1.82) is 0 Å². The van der Waals surface area contributed by atoms with E-state index < -0.39 is 0 Å². The van der Waals surface area contributed by atoms with Crippen LogP contribution in [0.2, 0.25) is 0 Å². The quantitative estimate of drug-likeness (QED) is 0.759. The third-order valence-electron chi connectivity index (χ3n) is 4.38. The number of hydrogen-bond donors (Lipinski definition) is 1. The molecule has 0 spiro atoms. The lowest BCUT2D eigenvalue weighted by molar-refractivity contribution is 0.652. The molecule has 4 rings (SSSR count). The van der Waals surface area contributed by atoms with Gasteiger partial charge < -0.3 is 5.73 Å². The number of benzene rings is 2. The second kappa shape index (κ2) is 4.07. The lowest BCUT2D eigenvalue weighted by Gasteiger charge is -2.21. The molecule has 0 aromatic heterocycles. The van der Waals surface area contributed by atoms with Crippen molar-refractivity contribution in [2.45, 2.75) is 25.3 Å². The van der Waals surface area contributed by atoms with Gasteiger partial charge in [-0.3, -0.25) is 0 Å². The molecule has 0 radical (unpaired) electrons. The smallest absolute Gasteiger partial charge is 0.0303 e. The summed E-state index contributed by atoms with van der Waals surface area (Å²) in [6, 6.07) is 13.4. The molecule has 2 aliphatic rings. The Bertz CT molecular complexity index is 771. The molecule has 0 saturated carbocycles. The number of fused-ring (bicyclic) bond motifs is 5. The van der Waals surface area contributed by atoms with E-state index in [4.69, 9.17) is 5.73 Å². The van der Waals surface area contributed by atoms with E-state index in [9.17, 15) is 0 Å². The first-order chi connectivity index (χ1) is 9.34. The van der Waals surface area contributed by atoms with E-state index in [2.05, 4.69) is 48.6 Å². The maximum Gasteiger partial charge on any atom is 0.0303 e. The highest BCUT2D eigenvalue weighted by atomic mass is 14.6. The van der Waals surface area contributed by atoms with E-state index >= 15 is 0 Å². The summed E-state index contributed by atoms with van der Waals surface area (Å²) in [5.41, 5.74) is 11.7. The summed E-state index contributed by atoms with van der Waals surface area (Å²) in [7, 11) is 0. The highest BCUT2D eigenvalue weighted by molar-refractivity contribution is 5.74. The summed E-state index contributed by atoms with van der Waals surface area (Å²) in [4.78, 5) is 0. The first-order valence-electron chi connectivity index (χ1n) is 7.02. The molecule has 1 heteroatoms. The van der Waals surface area contributed by atoms with Gasteiger partial charge in [0.2, 0.25) is 0 Å². The van der Waals surface area contributed by atoms with E-state index in [1.165, 1.54) is 32.7 Å². The Hall–Kier alpha value is -1.86. The zero-order valence-corrected chi connectivity index (χ0v) is 10.9. The van der Waals surface area contributed by atoms with E-state index in [-0.39, 0.29) is 6.04 Å². The van der Waals surface area contributed by atoms with Crippen LogP contribution in [0.15, 0.2) is 36.4 Å². The molecule has 2 aromatic rings. The van der Waals surface area contributed by atoms with Crippen molar-refractivity contribution < 1.29 is 0 Å². The van der Waals surface area contributed by atoms with E-state index in [1.807, 2.05) is 0 Å². The molecule has 0 aliphatic heterocycles. The Morgan fingerprint density at radius 2 is 1.79 bits per heavy atom. The number of rotatable bonds is 0. The molecule has 0 fully saturated rings. The van der Waals surface area contributed by atoms with Crippen molar-refractivity contribution in [3.8, 4) is 11.1 Å². The fourth-order valence-corrected chi connectivity index (χ4v) is 3.39. The Morgan fingerprint density at radius 1 is 0.895 bits per heavy atom. The van der Waals surface area contributed by atoms with Gasteiger partial charge in [-0.1, -0.05) is 48.6 Å². The van der Waals surface area contributed by atoms with E-state index in [0.717, 1.165) is 19.3 Å². The fraction of sp³-hybridized carbons (Fsp3) is 0.222. The van der Waals surface area contributed by atoms with Crippen molar-refractivity contribution in [1.82, 2.24) is 0 Å². The molecule has 1 unspecified atom stereocenters. The summed E-state index contributed by atoms with van der Waals surface area (Å²) >= 11 is 0. The molecular formula is C18H17N. The molecule has 2 aliphatic carbocycles. The van der Waals surface area contributed by atoms with E-state index in [1.54, 1.807) is 0 Å². The third-order valence-corrected chi connectivity index (χ3v) is 4.38. The minimum atomic E-state index is 0.205. The maximum atomic E-state index is 6.24. The van der Waals surface area contributed by atoms with Crippen LogP contribution < -0.4 is 16.2 Å². The summed E-state index contributed by atoms with van der Waals surface area (Å²) in [5.74, 6) is 0. The van der Waals surface area contributed by atoms with Crippen LogP contribution in [0.1, 0.15) is 30.0 Å². The van der Waals surface area contributed by atoms with Crippen LogP contribution in [-0.4, -0.2) is 0 Å². The first-order valence-corrected chi connectivity index (χ1v) is 7.02. The average Bonchev–Trinajstić information content (AvgIpc) is 2.47. The van der Waals surface area contributed by atoms with Crippen molar-refractivity contribution in [3.05, 3.63) is 58.0 Å². The predicted molar refractivity (Wildman–Crippen MR) is 79.9 cm³/mol. The second-order valence-electron chi connectivity index (χ2n) is 5.48. The van der Waals surface area contributed by atoms with Crippen LogP contribution in [0, 0.1) is 0 Å². The minimum absolute atomic E-state index is 0.205. The predicted octanol–water partition coefficient (Wildman–Crippen LogP) is 2.26. The third kappa shape index (κ3) is 1.58. The Morgan fingerprint density at radius 3 is 2.74 bits per heavy atom. The summed E-state index contributed by atoms with van der Waals surface area (Å²) in [6.07, 6.45) is 7.93. The Labute approximate surface area is 113 Å². The zero-order chi connectivity index (χ0) is 12.8. The molecule has 1 nitrogen and oxygen atoms in total. The lowest BCUT2D eigenvalue weighted by Crippen LogP contribution is -2.37. The van der Waals surface area contributed by atoms with Gasteiger partial charge in [-0.2, -0.15) is 0 Å². The van der Waals surface area contributed by atoms with Gasteiger partial charge in [-0.15, -0.1) is 0 Å². The van der Waals surface area contributed by atoms with Crippen LogP contribution in [0.25, 0.3) is 23.3 Å². The standard InChI is InChI=1S/C18H17N/c19-18-7-3-6-14-16-9-8-12-4-1-2-5-13(12)15(16)10-11-17(14)18/h1-2,4-6,9-11,18H,3,7-8,19H2. The molecule has 0 bridgehead atoms. The van der Waals surface area contributed by atoms with Crippen molar-refractivity contribution in [2.24, 2.45) is 5.73 Å². The van der Waals surface area contributed by atoms with Gasteiger partial charge in [0.1, 0.15) is 0 Å². The second-order valence-corrected chi connectivity index (χ2v) is 5.48. The van der Waals surface area contributed by atoms with Crippen molar-refractivity contribution in [3.63, 3.8) is 0 Å². The highest BCUT2D eigenvalue weighted by Crippen LogP contribution is 2.25. The van der Waals surface area contributed by atoms with Crippen molar-refractivity contribution in [2.75, 3.05) is 0 Å². The molecule has 2 N–H and O–H groups in total. The molecule has 0 amide bonds. The lowest BCUT2D eigenvalue weighted by atomic mass is 9.85. The summed E-state index contributed by atoms with van der Waals surface area (Å²) < 4.78 is 0. The molecule has 0 saturated heterocycles. The molecule has 94 valence electrons. The Kier molecular flexibility index (Phi) is 2.36. The molecule has 0 heterocycles. The van der Waals surface area contributed by atoms with Crippen LogP contribution in [0.3, 0.4) is 0 Å². The number of hydrogen-bond acceptors (Lipinski definition) is 1. The van der Waals surface area contributed by atoms with E-state index in [0.29, 0.717) is 0 Å².